The molecular formula is C17H25NO5S. The van der Waals surface area contributed by atoms with E-state index in [9.17, 15) is 13.2 Å². The minimum atomic E-state index is -3.84. The van der Waals surface area contributed by atoms with E-state index >= 15 is 0 Å². The molecule has 1 aromatic carbocycles. The summed E-state index contributed by atoms with van der Waals surface area (Å²) in [6, 6.07) is 6.00. The van der Waals surface area contributed by atoms with Crippen molar-refractivity contribution in [2.75, 3.05) is 13.3 Å². The number of benzene rings is 1. The lowest BCUT2D eigenvalue weighted by atomic mass is 10.1. The van der Waals surface area contributed by atoms with E-state index in [4.69, 9.17) is 8.92 Å². The lowest BCUT2D eigenvalue weighted by molar-refractivity contribution is -0.161. The van der Waals surface area contributed by atoms with Crippen LogP contribution in [0.4, 0.5) is 0 Å². The lowest BCUT2D eigenvalue weighted by Gasteiger charge is -2.26. The molecule has 134 valence electrons. The van der Waals surface area contributed by atoms with E-state index in [1.165, 1.54) is 12.1 Å². The van der Waals surface area contributed by atoms with Gasteiger partial charge in [0.15, 0.2) is 0 Å². The Kier molecular flexibility index (Phi) is 5.67. The maximum Gasteiger partial charge on any atom is 0.323 e. The van der Waals surface area contributed by atoms with E-state index in [0.717, 1.165) is 12.0 Å². The molecule has 1 fully saturated rings. The van der Waals surface area contributed by atoms with Crippen molar-refractivity contribution in [2.24, 2.45) is 0 Å². The Hall–Kier alpha value is -1.44. The zero-order valence-corrected chi connectivity index (χ0v) is 15.4. The Morgan fingerprint density at radius 1 is 1.25 bits per heavy atom. The van der Waals surface area contributed by atoms with Crippen molar-refractivity contribution in [2.45, 2.75) is 57.1 Å². The predicted octanol–water partition coefficient (Wildman–Crippen LogP) is 2.46. The molecule has 0 aromatic heterocycles. The summed E-state index contributed by atoms with van der Waals surface area (Å²) in [6.45, 7) is 7.76. The standard InChI is InChI=1S/C17H25NO5S/c1-13-7-9-14(10-8-13)24(20,21)22-12-18-11-5-6-15(18)16(19)23-17(2,3)4/h7-10,15H,5-6,11-12H2,1-4H3. The minimum absolute atomic E-state index is 0.112. The number of hydrogen-bond donors (Lipinski definition) is 0. The fourth-order valence-corrected chi connectivity index (χ4v) is 3.41. The van der Waals surface area contributed by atoms with Gasteiger partial charge >= 0.3 is 5.97 Å². The zero-order valence-electron chi connectivity index (χ0n) is 14.6. The van der Waals surface area contributed by atoms with Crippen molar-refractivity contribution in [3.05, 3.63) is 29.8 Å². The number of carbonyl (C=O) groups excluding carboxylic acids is 1. The van der Waals surface area contributed by atoms with Crippen molar-refractivity contribution >= 4 is 16.1 Å². The van der Waals surface area contributed by atoms with E-state index in [-0.39, 0.29) is 17.6 Å². The molecule has 0 bridgehead atoms. The summed E-state index contributed by atoms with van der Waals surface area (Å²) >= 11 is 0. The third kappa shape index (κ3) is 5.03. The minimum Gasteiger partial charge on any atom is -0.459 e. The molecule has 0 spiro atoms. The molecular weight excluding hydrogens is 330 g/mol. The quantitative estimate of drug-likeness (QED) is 0.597. The second kappa shape index (κ2) is 7.21. The van der Waals surface area contributed by atoms with Crippen LogP contribution >= 0.6 is 0 Å². The van der Waals surface area contributed by atoms with Gasteiger partial charge in [-0.1, -0.05) is 17.7 Å². The van der Waals surface area contributed by atoms with Crippen LogP contribution in [-0.4, -0.2) is 44.2 Å². The van der Waals surface area contributed by atoms with Gasteiger partial charge in [0.1, 0.15) is 18.4 Å². The molecule has 24 heavy (non-hydrogen) atoms. The van der Waals surface area contributed by atoms with Crippen LogP contribution in [0.15, 0.2) is 29.2 Å². The number of carbonyl (C=O) groups is 1. The fourth-order valence-electron chi connectivity index (χ4n) is 2.53. The molecule has 1 saturated heterocycles. The molecule has 0 N–H and O–H groups in total. The first kappa shape index (κ1) is 18.9. The first-order valence-electron chi connectivity index (χ1n) is 8.01. The highest BCUT2D eigenvalue weighted by atomic mass is 32.2. The zero-order chi connectivity index (χ0) is 18.0. The average molecular weight is 355 g/mol. The van der Waals surface area contributed by atoms with Crippen molar-refractivity contribution < 1.29 is 22.1 Å². The van der Waals surface area contributed by atoms with Crippen LogP contribution in [-0.2, 0) is 23.8 Å². The van der Waals surface area contributed by atoms with E-state index < -0.39 is 21.8 Å². The number of ether oxygens (including phenoxy) is 1. The van der Waals surface area contributed by atoms with Gasteiger partial charge in [-0.3, -0.25) is 13.9 Å². The summed E-state index contributed by atoms with van der Waals surface area (Å²) in [5.41, 5.74) is 0.402. The Bertz CT molecular complexity index is 676. The molecule has 6 nitrogen and oxygen atoms in total. The van der Waals surface area contributed by atoms with Crippen LogP contribution in [0.25, 0.3) is 0 Å². The van der Waals surface area contributed by atoms with Gasteiger partial charge in [0, 0.05) is 6.54 Å². The largest absolute Gasteiger partial charge is 0.459 e. The highest BCUT2D eigenvalue weighted by molar-refractivity contribution is 7.86. The highest BCUT2D eigenvalue weighted by Crippen LogP contribution is 2.22. The van der Waals surface area contributed by atoms with E-state index in [0.29, 0.717) is 13.0 Å². The predicted molar refractivity (Wildman–Crippen MR) is 89.9 cm³/mol. The molecule has 1 aromatic rings. The van der Waals surface area contributed by atoms with Gasteiger partial charge in [0.25, 0.3) is 10.1 Å². The Balaban J connectivity index is 1.99. The van der Waals surface area contributed by atoms with Gasteiger partial charge < -0.3 is 4.74 Å². The molecule has 7 heteroatoms. The molecule has 0 aliphatic carbocycles. The molecule has 0 saturated carbocycles. The summed E-state index contributed by atoms with van der Waals surface area (Å²) in [4.78, 5) is 14.1. The maximum atomic E-state index is 12.2. The van der Waals surface area contributed by atoms with Gasteiger partial charge in [-0.2, -0.15) is 8.42 Å². The highest BCUT2D eigenvalue weighted by Gasteiger charge is 2.35. The Morgan fingerprint density at radius 3 is 2.46 bits per heavy atom. The third-order valence-corrected chi connectivity index (χ3v) is 4.99. The van der Waals surface area contributed by atoms with Crippen molar-refractivity contribution in [3.8, 4) is 0 Å². The molecule has 0 radical (unpaired) electrons. The molecule has 2 rings (SSSR count). The van der Waals surface area contributed by atoms with Crippen LogP contribution in [0, 0.1) is 6.92 Å². The van der Waals surface area contributed by atoms with E-state index in [1.54, 1.807) is 17.0 Å². The molecule has 0 amide bonds. The van der Waals surface area contributed by atoms with Gasteiger partial charge in [-0.15, -0.1) is 0 Å². The van der Waals surface area contributed by atoms with Crippen molar-refractivity contribution in [1.82, 2.24) is 4.90 Å². The molecule has 1 heterocycles. The first-order valence-corrected chi connectivity index (χ1v) is 9.42. The SMILES string of the molecule is Cc1ccc(S(=O)(=O)OCN2CCCC2C(=O)OC(C)(C)C)cc1. The van der Waals surface area contributed by atoms with Crippen molar-refractivity contribution in [3.63, 3.8) is 0 Å². The van der Waals surface area contributed by atoms with E-state index in [2.05, 4.69) is 0 Å². The van der Waals surface area contributed by atoms with Crippen LogP contribution in [0.5, 0.6) is 0 Å². The first-order chi connectivity index (χ1) is 11.1. The van der Waals surface area contributed by atoms with E-state index in [1.807, 2.05) is 27.7 Å². The van der Waals surface area contributed by atoms with Gasteiger partial charge in [-0.25, -0.2) is 0 Å². The number of esters is 1. The molecule has 1 unspecified atom stereocenters. The Labute approximate surface area is 143 Å². The van der Waals surface area contributed by atoms with Crippen LogP contribution < -0.4 is 0 Å². The van der Waals surface area contributed by atoms with Crippen LogP contribution in [0.1, 0.15) is 39.2 Å². The van der Waals surface area contributed by atoms with Crippen LogP contribution in [0.3, 0.4) is 0 Å². The fraction of sp³-hybridized carbons (Fsp3) is 0.588. The summed E-state index contributed by atoms with van der Waals surface area (Å²) in [7, 11) is -3.84. The summed E-state index contributed by atoms with van der Waals surface area (Å²) in [5.74, 6) is -0.337. The van der Waals surface area contributed by atoms with Gasteiger partial charge in [-0.05, 0) is 52.7 Å². The summed E-state index contributed by atoms with van der Waals surface area (Å²) in [6.07, 6.45) is 1.45. The monoisotopic (exact) mass is 355 g/mol. The van der Waals surface area contributed by atoms with Crippen LogP contribution in [0.2, 0.25) is 0 Å². The van der Waals surface area contributed by atoms with Gasteiger partial charge in [0.05, 0.1) is 4.90 Å². The number of hydrogen-bond acceptors (Lipinski definition) is 6. The molecule has 1 aliphatic rings. The topological polar surface area (TPSA) is 72.9 Å². The number of rotatable bonds is 5. The number of likely N-dealkylation sites (tertiary alicyclic amines) is 1. The average Bonchev–Trinajstić information content (AvgIpc) is 2.92. The summed E-state index contributed by atoms with van der Waals surface area (Å²) in [5, 5.41) is 0. The summed E-state index contributed by atoms with van der Waals surface area (Å²) < 4.78 is 35.0. The third-order valence-electron chi connectivity index (χ3n) is 3.73. The second-order valence-electron chi connectivity index (χ2n) is 7.02. The lowest BCUT2D eigenvalue weighted by Crippen LogP contribution is -2.41. The van der Waals surface area contributed by atoms with Gasteiger partial charge in [0.2, 0.25) is 0 Å². The van der Waals surface area contributed by atoms with Crippen molar-refractivity contribution in [1.29, 1.82) is 0 Å². The number of nitrogens with zero attached hydrogens (tertiary/aromatic N) is 1. The normalized spacial score (nSPS) is 19.4. The smallest absolute Gasteiger partial charge is 0.323 e. The molecule has 1 atom stereocenters. The Morgan fingerprint density at radius 2 is 1.88 bits per heavy atom. The second-order valence-corrected chi connectivity index (χ2v) is 8.63. The maximum absolute atomic E-state index is 12.2. The number of aryl methyl sites for hydroxylation is 1. The molecule has 1 aliphatic heterocycles.